The number of hydrogen-bond acceptors (Lipinski definition) is 3. The largest absolute Gasteiger partial charge is 0.494 e. The van der Waals surface area contributed by atoms with Gasteiger partial charge in [0.15, 0.2) is 17.3 Å². The third-order valence-electron chi connectivity index (χ3n) is 4.34. The molecule has 1 aromatic rings. The van der Waals surface area contributed by atoms with Crippen molar-refractivity contribution in [3.8, 4) is 5.75 Å². The SMILES string of the molecule is CCOC1(C(=O)c2cccc(OC)c2F)CCC(C)CC1. The first-order chi connectivity index (χ1) is 10.0. The number of benzene rings is 1. The van der Waals surface area contributed by atoms with Gasteiger partial charge in [-0.15, -0.1) is 0 Å². The fourth-order valence-electron chi connectivity index (χ4n) is 3.03. The summed E-state index contributed by atoms with van der Waals surface area (Å²) >= 11 is 0. The predicted molar refractivity (Wildman–Crippen MR) is 79.3 cm³/mol. The van der Waals surface area contributed by atoms with Crippen LogP contribution in [-0.4, -0.2) is 25.1 Å². The Bertz CT molecular complexity index is 505. The Morgan fingerprint density at radius 3 is 2.62 bits per heavy atom. The lowest BCUT2D eigenvalue weighted by molar-refractivity contribution is -0.0476. The predicted octanol–water partition coefficient (Wildman–Crippen LogP) is 4.00. The second kappa shape index (κ2) is 6.56. The molecule has 1 fully saturated rings. The molecule has 21 heavy (non-hydrogen) atoms. The van der Waals surface area contributed by atoms with Crippen LogP contribution in [0.25, 0.3) is 0 Å². The lowest BCUT2D eigenvalue weighted by Gasteiger charge is -2.38. The second-order valence-corrected chi connectivity index (χ2v) is 5.76. The number of methoxy groups -OCH3 is 1. The molecule has 1 aromatic carbocycles. The molecule has 4 heteroatoms. The maximum Gasteiger partial charge on any atom is 0.197 e. The van der Waals surface area contributed by atoms with Crippen molar-refractivity contribution in [3.63, 3.8) is 0 Å². The molecule has 0 amide bonds. The lowest BCUT2D eigenvalue weighted by Crippen LogP contribution is -2.45. The number of ketones is 1. The molecule has 0 heterocycles. The summed E-state index contributed by atoms with van der Waals surface area (Å²) in [4.78, 5) is 12.9. The van der Waals surface area contributed by atoms with E-state index in [1.165, 1.54) is 19.2 Å². The number of halogens is 1. The second-order valence-electron chi connectivity index (χ2n) is 5.76. The van der Waals surface area contributed by atoms with Crippen molar-refractivity contribution in [1.29, 1.82) is 0 Å². The van der Waals surface area contributed by atoms with Crippen LogP contribution in [0.2, 0.25) is 0 Å². The van der Waals surface area contributed by atoms with Crippen LogP contribution in [0.1, 0.15) is 49.9 Å². The normalized spacial score (nSPS) is 25.6. The van der Waals surface area contributed by atoms with Crippen molar-refractivity contribution < 1.29 is 18.7 Å². The van der Waals surface area contributed by atoms with Crippen LogP contribution in [0, 0.1) is 11.7 Å². The van der Waals surface area contributed by atoms with E-state index in [1.54, 1.807) is 6.07 Å². The number of Topliss-reactive ketones (excluding diaryl/α,β-unsaturated/α-hetero) is 1. The van der Waals surface area contributed by atoms with Gasteiger partial charge in [0.1, 0.15) is 5.60 Å². The molecule has 0 radical (unpaired) electrons. The molecular weight excluding hydrogens is 271 g/mol. The molecule has 0 bridgehead atoms. The van der Waals surface area contributed by atoms with E-state index in [0.717, 1.165) is 12.8 Å². The molecule has 1 aliphatic carbocycles. The fraction of sp³-hybridized carbons (Fsp3) is 0.588. The minimum Gasteiger partial charge on any atom is -0.494 e. The summed E-state index contributed by atoms with van der Waals surface area (Å²) in [7, 11) is 1.40. The van der Waals surface area contributed by atoms with Crippen molar-refractivity contribution >= 4 is 5.78 Å². The van der Waals surface area contributed by atoms with Gasteiger partial charge >= 0.3 is 0 Å². The molecule has 3 nitrogen and oxygen atoms in total. The number of rotatable bonds is 5. The van der Waals surface area contributed by atoms with E-state index in [9.17, 15) is 9.18 Å². The highest BCUT2D eigenvalue weighted by Crippen LogP contribution is 2.38. The van der Waals surface area contributed by atoms with E-state index < -0.39 is 11.4 Å². The molecule has 1 aliphatic rings. The number of hydrogen-bond donors (Lipinski definition) is 0. The molecule has 0 unspecified atom stereocenters. The number of carbonyl (C=O) groups is 1. The van der Waals surface area contributed by atoms with E-state index in [4.69, 9.17) is 9.47 Å². The van der Waals surface area contributed by atoms with Gasteiger partial charge in [-0.05, 0) is 50.7 Å². The third kappa shape index (κ3) is 3.10. The average Bonchev–Trinajstić information content (AvgIpc) is 2.49. The van der Waals surface area contributed by atoms with Gasteiger partial charge < -0.3 is 9.47 Å². The van der Waals surface area contributed by atoms with E-state index >= 15 is 0 Å². The van der Waals surface area contributed by atoms with Gasteiger partial charge in [0.05, 0.1) is 12.7 Å². The maximum atomic E-state index is 14.4. The van der Waals surface area contributed by atoms with E-state index in [2.05, 4.69) is 6.92 Å². The smallest absolute Gasteiger partial charge is 0.197 e. The summed E-state index contributed by atoms with van der Waals surface area (Å²) in [6.45, 7) is 4.49. The van der Waals surface area contributed by atoms with E-state index in [1.807, 2.05) is 6.92 Å². The van der Waals surface area contributed by atoms with Crippen LogP contribution in [0.15, 0.2) is 18.2 Å². The average molecular weight is 294 g/mol. The summed E-state index contributed by atoms with van der Waals surface area (Å²) in [6, 6.07) is 4.67. The standard InChI is InChI=1S/C17H23FO3/c1-4-21-17(10-8-12(2)9-11-17)16(19)13-6-5-7-14(20-3)15(13)18/h5-7,12H,4,8-11H2,1-3H3. The fourth-order valence-corrected chi connectivity index (χ4v) is 3.03. The van der Waals surface area contributed by atoms with Gasteiger partial charge in [-0.3, -0.25) is 4.79 Å². The molecule has 0 spiro atoms. The molecule has 0 N–H and O–H groups in total. The van der Waals surface area contributed by atoms with Crippen LogP contribution in [0.4, 0.5) is 4.39 Å². The van der Waals surface area contributed by atoms with E-state index in [-0.39, 0.29) is 17.1 Å². The van der Waals surface area contributed by atoms with Crippen LogP contribution >= 0.6 is 0 Å². The zero-order chi connectivity index (χ0) is 15.5. The van der Waals surface area contributed by atoms with Crippen LogP contribution in [0.3, 0.4) is 0 Å². The maximum absolute atomic E-state index is 14.4. The topological polar surface area (TPSA) is 35.5 Å². The Hall–Kier alpha value is -1.42. The van der Waals surface area contributed by atoms with Crippen LogP contribution < -0.4 is 4.74 Å². The van der Waals surface area contributed by atoms with Crippen molar-refractivity contribution in [2.45, 2.75) is 45.1 Å². The Labute approximate surface area is 125 Å². The van der Waals surface area contributed by atoms with Crippen LogP contribution in [0.5, 0.6) is 5.75 Å². The highest BCUT2D eigenvalue weighted by atomic mass is 19.1. The summed E-state index contributed by atoms with van der Waals surface area (Å²) in [5, 5.41) is 0. The van der Waals surface area contributed by atoms with Gasteiger partial charge in [0.25, 0.3) is 0 Å². The molecule has 1 saturated carbocycles. The van der Waals surface area contributed by atoms with Gasteiger partial charge in [-0.1, -0.05) is 13.0 Å². The monoisotopic (exact) mass is 294 g/mol. The van der Waals surface area contributed by atoms with Crippen molar-refractivity contribution in [2.24, 2.45) is 5.92 Å². The molecule has 116 valence electrons. The molecule has 0 atom stereocenters. The first-order valence-corrected chi connectivity index (χ1v) is 7.55. The first-order valence-electron chi connectivity index (χ1n) is 7.55. The molecule has 0 aliphatic heterocycles. The molecule has 0 saturated heterocycles. The first kappa shape index (κ1) is 16.0. The molecule has 2 rings (SSSR count). The quantitative estimate of drug-likeness (QED) is 0.770. The van der Waals surface area contributed by atoms with Crippen molar-refractivity contribution in [2.75, 3.05) is 13.7 Å². The number of carbonyl (C=O) groups excluding carboxylic acids is 1. The van der Waals surface area contributed by atoms with E-state index in [0.29, 0.717) is 25.4 Å². The highest BCUT2D eigenvalue weighted by molar-refractivity contribution is 6.03. The van der Waals surface area contributed by atoms with Crippen molar-refractivity contribution in [1.82, 2.24) is 0 Å². The summed E-state index contributed by atoms with van der Waals surface area (Å²) in [6.07, 6.45) is 3.16. The van der Waals surface area contributed by atoms with Gasteiger partial charge in [-0.2, -0.15) is 0 Å². The van der Waals surface area contributed by atoms with Gasteiger partial charge in [-0.25, -0.2) is 4.39 Å². The Morgan fingerprint density at radius 1 is 1.38 bits per heavy atom. The summed E-state index contributed by atoms with van der Waals surface area (Å²) < 4.78 is 25.1. The third-order valence-corrected chi connectivity index (χ3v) is 4.34. The zero-order valence-electron chi connectivity index (χ0n) is 12.9. The molecular formula is C17H23FO3. The van der Waals surface area contributed by atoms with Crippen LogP contribution in [-0.2, 0) is 4.74 Å². The lowest BCUT2D eigenvalue weighted by atomic mass is 9.75. The summed E-state index contributed by atoms with van der Waals surface area (Å²) in [5.41, 5.74) is -0.813. The van der Waals surface area contributed by atoms with Crippen molar-refractivity contribution in [3.05, 3.63) is 29.6 Å². The van der Waals surface area contributed by atoms with Gasteiger partial charge in [0, 0.05) is 6.61 Å². The number of ether oxygens (including phenoxy) is 2. The molecule has 0 aromatic heterocycles. The minimum atomic E-state index is -0.880. The minimum absolute atomic E-state index is 0.0670. The Kier molecular flexibility index (Phi) is 4.99. The zero-order valence-corrected chi connectivity index (χ0v) is 12.9. The Balaban J connectivity index is 2.35. The van der Waals surface area contributed by atoms with Gasteiger partial charge in [0.2, 0.25) is 0 Å². The summed E-state index contributed by atoms with van der Waals surface area (Å²) in [5.74, 6) is -0.173. The Morgan fingerprint density at radius 2 is 2.05 bits per heavy atom. The highest BCUT2D eigenvalue weighted by Gasteiger charge is 2.43.